The molecule has 0 aliphatic rings. The maximum absolute atomic E-state index is 11.2. The van der Waals surface area contributed by atoms with E-state index in [9.17, 15) is 4.79 Å². The van der Waals surface area contributed by atoms with E-state index in [1.54, 1.807) is 0 Å². The number of unbranched alkanes of at least 4 members (excludes halogenated alkanes) is 1. The minimum absolute atomic E-state index is 0.000274. The van der Waals surface area contributed by atoms with Gasteiger partial charge in [0.15, 0.2) is 0 Å². The van der Waals surface area contributed by atoms with Gasteiger partial charge >= 0.3 is 5.97 Å². The maximum atomic E-state index is 11.2. The molecule has 4 heteroatoms. The van der Waals surface area contributed by atoms with E-state index in [0.29, 0.717) is 13.0 Å². The summed E-state index contributed by atoms with van der Waals surface area (Å²) in [4.78, 5) is 11.2. The van der Waals surface area contributed by atoms with Crippen molar-refractivity contribution in [3.63, 3.8) is 0 Å². The van der Waals surface area contributed by atoms with Crippen molar-refractivity contribution < 1.29 is 14.3 Å². The highest BCUT2D eigenvalue weighted by Crippen LogP contribution is 2.21. The number of carbonyl (C=O) groups excluding carboxylic acids is 1. The summed E-state index contributed by atoms with van der Waals surface area (Å²) in [6.07, 6.45) is 3.25. The van der Waals surface area contributed by atoms with E-state index >= 15 is 0 Å². The Morgan fingerprint density at radius 1 is 1.19 bits per heavy atom. The number of hydrogen-bond donors (Lipinski definition) is 1. The fraction of sp³-hybridized carbons (Fsp3) is 0.588. The van der Waals surface area contributed by atoms with Gasteiger partial charge < -0.3 is 15.2 Å². The zero-order valence-corrected chi connectivity index (χ0v) is 13.3. The molecule has 0 saturated heterocycles. The molecule has 1 rings (SSSR count). The molecule has 118 valence electrons. The van der Waals surface area contributed by atoms with E-state index in [1.165, 1.54) is 0 Å². The van der Waals surface area contributed by atoms with Crippen LogP contribution in [0.5, 0.6) is 5.75 Å². The standard InChI is InChI=1S/C17H27NO3/c1-4-20-17(19)8-6-5-7-16(18)14-9-11-15(12-10-14)21-13(2)3/h9-13,16H,4-8,18H2,1-3H3. The third kappa shape index (κ3) is 7.14. The van der Waals surface area contributed by atoms with Crippen LogP contribution in [0.3, 0.4) is 0 Å². The van der Waals surface area contributed by atoms with E-state index < -0.39 is 0 Å². The normalized spacial score (nSPS) is 12.2. The van der Waals surface area contributed by atoms with E-state index in [1.807, 2.05) is 45.0 Å². The van der Waals surface area contributed by atoms with Crippen molar-refractivity contribution in [2.75, 3.05) is 6.61 Å². The van der Waals surface area contributed by atoms with E-state index in [-0.39, 0.29) is 18.1 Å². The van der Waals surface area contributed by atoms with Crippen molar-refractivity contribution >= 4 is 5.97 Å². The molecule has 1 aromatic carbocycles. The summed E-state index contributed by atoms with van der Waals surface area (Å²) < 4.78 is 10.5. The summed E-state index contributed by atoms with van der Waals surface area (Å²) in [5.74, 6) is 0.740. The Kier molecular flexibility index (Phi) is 7.83. The highest BCUT2D eigenvalue weighted by molar-refractivity contribution is 5.69. The quantitative estimate of drug-likeness (QED) is 0.558. The molecular weight excluding hydrogens is 266 g/mol. The fourth-order valence-corrected chi connectivity index (χ4v) is 2.10. The molecule has 1 aromatic rings. The van der Waals surface area contributed by atoms with Crippen molar-refractivity contribution in [3.05, 3.63) is 29.8 Å². The molecule has 1 unspecified atom stereocenters. The average molecular weight is 293 g/mol. The van der Waals surface area contributed by atoms with Crippen LogP contribution in [0.25, 0.3) is 0 Å². The van der Waals surface area contributed by atoms with Gasteiger partial charge in [-0.05, 0) is 51.3 Å². The van der Waals surface area contributed by atoms with Crippen LogP contribution >= 0.6 is 0 Å². The molecule has 0 aliphatic carbocycles. The first-order valence-corrected chi connectivity index (χ1v) is 7.70. The Morgan fingerprint density at radius 2 is 1.86 bits per heavy atom. The number of esters is 1. The Labute approximate surface area is 127 Å². The van der Waals surface area contributed by atoms with Gasteiger partial charge in [-0.3, -0.25) is 4.79 Å². The minimum Gasteiger partial charge on any atom is -0.491 e. The second kappa shape index (κ2) is 9.40. The molecule has 2 N–H and O–H groups in total. The predicted octanol–water partition coefficient (Wildman–Crippen LogP) is 3.60. The van der Waals surface area contributed by atoms with Gasteiger partial charge in [-0.1, -0.05) is 18.6 Å². The zero-order valence-electron chi connectivity index (χ0n) is 13.3. The van der Waals surface area contributed by atoms with Gasteiger partial charge in [-0.15, -0.1) is 0 Å². The van der Waals surface area contributed by atoms with Crippen LogP contribution in [0.1, 0.15) is 58.1 Å². The van der Waals surface area contributed by atoms with E-state index in [0.717, 1.165) is 30.6 Å². The molecule has 21 heavy (non-hydrogen) atoms. The summed E-state index contributed by atoms with van der Waals surface area (Å²) in [7, 11) is 0. The lowest BCUT2D eigenvalue weighted by molar-refractivity contribution is -0.143. The summed E-state index contributed by atoms with van der Waals surface area (Å²) in [6, 6.07) is 7.92. The Bertz CT molecular complexity index is 415. The Balaban J connectivity index is 2.31. The first kappa shape index (κ1) is 17.5. The summed E-state index contributed by atoms with van der Waals surface area (Å²) in [5, 5.41) is 0. The molecule has 4 nitrogen and oxygen atoms in total. The molecule has 0 bridgehead atoms. The molecule has 0 radical (unpaired) electrons. The highest BCUT2D eigenvalue weighted by Gasteiger charge is 2.08. The number of rotatable bonds is 9. The van der Waals surface area contributed by atoms with Crippen LogP contribution in [0.2, 0.25) is 0 Å². The first-order valence-electron chi connectivity index (χ1n) is 7.70. The largest absolute Gasteiger partial charge is 0.491 e. The Morgan fingerprint density at radius 3 is 2.43 bits per heavy atom. The SMILES string of the molecule is CCOC(=O)CCCCC(N)c1ccc(OC(C)C)cc1. The number of nitrogens with two attached hydrogens (primary N) is 1. The Hall–Kier alpha value is -1.55. The zero-order chi connectivity index (χ0) is 15.7. The lowest BCUT2D eigenvalue weighted by Gasteiger charge is -2.14. The fourth-order valence-electron chi connectivity index (χ4n) is 2.10. The van der Waals surface area contributed by atoms with Gasteiger partial charge in [0.25, 0.3) is 0 Å². The van der Waals surface area contributed by atoms with Crippen molar-refractivity contribution in [2.45, 2.75) is 58.6 Å². The number of carbonyl (C=O) groups is 1. The molecular formula is C17H27NO3. The number of hydrogen-bond acceptors (Lipinski definition) is 4. The monoisotopic (exact) mass is 293 g/mol. The van der Waals surface area contributed by atoms with Gasteiger partial charge in [0, 0.05) is 12.5 Å². The van der Waals surface area contributed by atoms with Crippen LogP contribution in [0, 0.1) is 0 Å². The lowest BCUT2D eigenvalue weighted by atomic mass is 10.0. The molecule has 1 atom stereocenters. The van der Waals surface area contributed by atoms with Gasteiger partial charge in [-0.2, -0.15) is 0 Å². The van der Waals surface area contributed by atoms with Crippen molar-refractivity contribution in [3.8, 4) is 5.75 Å². The number of ether oxygens (including phenoxy) is 2. The highest BCUT2D eigenvalue weighted by atomic mass is 16.5. The molecule has 0 aromatic heterocycles. The third-order valence-corrected chi connectivity index (χ3v) is 3.13. The van der Waals surface area contributed by atoms with Crippen LogP contribution in [-0.2, 0) is 9.53 Å². The van der Waals surface area contributed by atoms with Crippen LogP contribution in [0.4, 0.5) is 0 Å². The van der Waals surface area contributed by atoms with Gasteiger partial charge in [0.2, 0.25) is 0 Å². The van der Waals surface area contributed by atoms with Gasteiger partial charge in [0.1, 0.15) is 5.75 Å². The molecule has 0 spiro atoms. The molecule has 0 amide bonds. The van der Waals surface area contributed by atoms with E-state index in [4.69, 9.17) is 15.2 Å². The molecule has 0 heterocycles. The topological polar surface area (TPSA) is 61.5 Å². The second-order valence-electron chi connectivity index (χ2n) is 5.39. The van der Waals surface area contributed by atoms with Gasteiger partial charge in [-0.25, -0.2) is 0 Å². The summed E-state index contributed by atoms with van der Waals surface area (Å²) >= 11 is 0. The molecule has 0 fully saturated rings. The predicted molar refractivity (Wildman–Crippen MR) is 84.2 cm³/mol. The average Bonchev–Trinajstić information content (AvgIpc) is 2.44. The van der Waals surface area contributed by atoms with Crippen molar-refractivity contribution in [1.29, 1.82) is 0 Å². The van der Waals surface area contributed by atoms with E-state index in [2.05, 4.69) is 0 Å². The molecule has 0 saturated carbocycles. The first-order chi connectivity index (χ1) is 10.0. The lowest BCUT2D eigenvalue weighted by Crippen LogP contribution is -2.11. The maximum Gasteiger partial charge on any atom is 0.305 e. The van der Waals surface area contributed by atoms with Crippen molar-refractivity contribution in [2.24, 2.45) is 5.73 Å². The molecule has 0 aliphatic heterocycles. The van der Waals surface area contributed by atoms with Crippen LogP contribution in [-0.4, -0.2) is 18.7 Å². The van der Waals surface area contributed by atoms with Gasteiger partial charge in [0.05, 0.1) is 12.7 Å². The summed E-state index contributed by atoms with van der Waals surface area (Å²) in [5.41, 5.74) is 7.26. The van der Waals surface area contributed by atoms with Crippen LogP contribution < -0.4 is 10.5 Å². The van der Waals surface area contributed by atoms with Crippen molar-refractivity contribution in [1.82, 2.24) is 0 Å². The summed E-state index contributed by atoms with van der Waals surface area (Å²) in [6.45, 7) is 6.27. The smallest absolute Gasteiger partial charge is 0.305 e. The minimum atomic E-state index is -0.124. The number of benzene rings is 1. The second-order valence-corrected chi connectivity index (χ2v) is 5.39. The third-order valence-electron chi connectivity index (χ3n) is 3.13. The van der Waals surface area contributed by atoms with Crippen LogP contribution in [0.15, 0.2) is 24.3 Å².